The number of rotatable bonds is 9. The zero-order chi connectivity index (χ0) is 15.9. The highest BCUT2D eigenvalue weighted by atomic mass is 16.5. The number of aryl methyl sites for hydroxylation is 1. The quantitative estimate of drug-likeness (QED) is 0.703. The van der Waals surface area contributed by atoms with E-state index in [9.17, 15) is 0 Å². The Bertz CT molecular complexity index is 420. The van der Waals surface area contributed by atoms with Crippen molar-refractivity contribution in [2.45, 2.75) is 71.8 Å². The van der Waals surface area contributed by atoms with Gasteiger partial charge in [0.1, 0.15) is 5.75 Å². The number of hydrogen-bond acceptors (Lipinski definition) is 2. The van der Waals surface area contributed by atoms with Crippen LogP contribution in [-0.2, 0) is 5.41 Å². The Morgan fingerprint density at radius 1 is 1.14 bits per heavy atom. The summed E-state index contributed by atoms with van der Waals surface area (Å²) in [6.45, 7) is 12.2. The normalized spacial score (nSPS) is 12.0. The summed E-state index contributed by atoms with van der Waals surface area (Å²) in [6.07, 6.45) is 4.77. The third-order valence-electron chi connectivity index (χ3n) is 4.23. The molecule has 0 fully saturated rings. The molecule has 2 nitrogen and oxygen atoms in total. The minimum absolute atomic E-state index is 0.172. The Labute approximate surface area is 131 Å². The van der Waals surface area contributed by atoms with Crippen LogP contribution >= 0.6 is 0 Å². The molecule has 1 N–H and O–H groups in total. The molecule has 0 saturated carbocycles. The van der Waals surface area contributed by atoms with E-state index in [1.165, 1.54) is 36.8 Å². The smallest absolute Gasteiger partial charge is 0.122 e. The first-order valence-corrected chi connectivity index (χ1v) is 8.37. The number of hydrogen-bond donors (Lipinski definition) is 1. The van der Waals surface area contributed by atoms with Gasteiger partial charge in [0.05, 0.1) is 7.11 Å². The van der Waals surface area contributed by atoms with Crippen molar-refractivity contribution in [3.8, 4) is 5.75 Å². The number of benzene rings is 1. The van der Waals surface area contributed by atoms with Gasteiger partial charge in [-0.25, -0.2) is 0 Å². The van der Waals surface area contributed by atoms with Crippen molar-refractivity contribution in [2.75, 3.05) is 13.7 Å². The van der Waals surface area contributed by atoms with Gasteiger partial charge in [-0.3, -0.25) is 0 Å². The van der Waals surface area contributed by atoms with Crippen molar-refractivity contribution in [2.24, 2.45) is 0 Å². The molecular formula is C19H33NO. The van der Waals surface area contributed by atoms with E-state index >= 15 is 0 Å². The molecule has 0 aliphatic rings. The lowest BCUT2D eigenvalue weighted by Crippen LogP contribution is -2.41. The molecule has 0 unspecified atom stereocenters. The molecule has 0 bridgehead atoms. The molecule has 0 saturated heterocycles. The number of nitrogens with one attached hydrogen (secondary N) is 1. The van der Waals surface area contributed by atoms with Crippen LogP contribution in [0, 0.1) is 6.92 Å². The summed E-state index contributed by atoms with van der Waals surface area (Å²) >= 11 is 0. The largest absolute Gasteiger partial charge is 0.496 e. The predicted octanol–water partition coefficient (Wildman–Crippen LogP) is 4.84. The maximum Gasteiger partial charge on any atom is 0.122 e. The summed E-state index contributed by atoms with van der Waals surface area (Å²) in [5, 5.41) is 3.67. The molecule has 0 heterocycles. The van der Waals surface area contributed by atoms with Crippen molar-refractivity contribution >= 4 is 0 Å². The minimum atomic E-state index is 0.172. The van der Waals surface area contributed by atoms with Gasteiger partial charge in [-0.05, 0) is 25.8 Å². The molecule has 0 amide bonds. The molecule has 0 aliphatic carbocycles. The van der Waals surface area contributed by atoms with Gasteiger partial charge in [0.25, 0.3) is 0 Å². The first-order chi connectivity index (χ1) is 9.99. The first kappa shape index (κ1) is 18.0. The van der Waals surface area contributed by atoms with Crippen LogP contribution in [0.1, 0.15) is 64.5 Å². The van der Waals surface area contributed by atoms with Gasteiger partial charge in [-0.2, -0.15) is 0 Å². The average Bonchev–Trinajstić information content (AvgIpc) is 2.45. The third kappa shape index (κ3) is 4.74. The Hall–Kier alpha value is -1.02. The molecule has 1 aromatic carbocycles. The lowest BCUT2D eigenvalue weighted by atomic mass is 9.72. The topological polar surface area (TPSA) is 21.3 Å². The predicted molar refractivity (Wildman–Crippen MR) is 92.4 cm³/mol. The van der Waals surface area contributed by atoms with Crippen LogP contribution in [0.2, 0.25) is 0 Å². The number of methoxy groups -OCH3 is 1. The second-order valence-electron chi connectivity index (χ2n) is 6.52. The molecule has 0 atom stereocenters. The van der Waals surface area contributed by atoms with Crippen LogP contribution in [0.15, 0.2) is 18.2 Å². The van der Waals surface area contributed by atoms with Crippen molar-refractivity contribution in [1.82, 2.24) is 5.32 Å². The van der Waals surface area contributed by atoms with Gasteiger partial charge in [0.15, 0.2) is 0 Å². The van der Waals surface area contributed by atoms with E-state index in [0.717, 1.165) is 12.3 Å². The second-order valence-corrected chi connectivity index (χ2v) is 6.52. The van der Waals surface area contributed by atoms with E-state index in [0.29, 0.717) is 6.04 Å². The number of ether oxygens (including phenoxy) is 1. The molecule has 0 aromatic heterocycles. The molecule has 2 heteroatoms. The Kier molecular flexibility index (Phi) is 7.24. The Morgan fingerprint density at radius 2 is 1.76 bits per heavy atom. The lowest BCUT2D eigenvalue weighted by molar-refractivity contribution is 0.307. The fourth-order valence-corrected chi connectivity index (χ4v) is 3.26. The molecule has 0 aliphatic heterocycles. The van der Waals surface area contributed by atoms with Gasteiger partial charge in [-0.1, -0.05) is 58.2 Å². The summed E-state index contributed by atoms with van der Waals surface area (Å²) in [7, 11) is 1.78. The van der Waals surface area contributed by atoms with E-state index in [2.05, 4.69) is 58.1 Å². The van der Waals surface area contributed by atoms with Gasteiger partial charge >= 0.3 is 0 Å². The van der Waals surface area contributed by atoms with Gasteiger partial charge in [-0.15, -0.1) is 0 Å². The summed E-state index contributed by atoms with van der Waals surface area (Å²) in [4.78, 5) is 0. The van der Waals surface area contributed by atoms with E-state index in [-0.39, 0.29) is 5.41 Å². The standard InChI is InChI=1S/C19H33NO/c1-7-11-19(12-8-2,14-20-15(3)4)17-13-16(5)9-10-18(17)21-6/h9-10,13,15,20H,7-8,11-12,14H2,1-6H3. The van der Waals surface area contributed by atoms with Crippen LogP contribution in [0.5, 0.6) is 5.75 Å². The fourth-order valence-electron chi connectivity index (χ4n) is 3.26. The molecular weight excluding hydrogens is 258 g/mol. The first-order valence-electron chi connectivity index (χ1n) is 8.37. The van der Waals surface area contributed by atoms with Crippen LogP contribution in [0.3, 0.4) is 0 Å². The van der Waals surface area contributed by atoms with Crippen molar-refractivity contribution in [3.63, 3.8) is 0 Å². The van der Waals surface area contributed by atoms with E-state index in [4.69, 9.17) is 4.74 Å². The maximum absolute atomic E-state index is 5.68. The lowest BCUT2D eigenvalue weighted by Gasteiger charge is -2.36. The summed E-state index contributed by atoms with van der Waals surface area (Å²) in [5.74, 6) is 1.04. The zero-order valence-corrected chi connectivity index (χ0v) is 14.8. The van der Waals surface area contributed by atoms with Crippen LogP contribution in [0.4, 0.5) is 0 Å². The zero-order valence-electron chi connectivity index (χ0n) is 14.8. The fraction of sp³-hybridized carbons (Fsp3) is 0.684. The van der Waals surface area contributed by atoms with Crippen molar-refractivity contribution in [1.29, 1.82) is 0 Å². The Balaban J connectivity index is 3.28. The highest BCUT2D eigenvalue weighted by Crippen LogP contribution is 2.39. The summed E-state index contributed by atoms with van der Waals surface area (Å²) in [5.41, 5.74) is 2.86. The van der Waals surface area contributed by atoms with E-state index in [1.807, 2.05) is 0 Å². The highest BCUT2D eigenvalue weighted by Gasteiger charge is 2.33. The molecule has 1 aromatic rings. The molecule has 0 radical (unpaired) electrons. The highest BCUT2D eigenvalue weighted by molar-refractivity contribution is 5.43. The van der Waals surface area contributed by atoms with Crippen LogP contribution in [-0.4, -0.2) is 19.7 Å². The second kappa shape index (κ2) is 8.43. The molecule has 0 spiro atoms. The maximum atomic E-state index is 5.68. The Morgan fingerprint density at radius 3 is 2.24 bits per heavy atom. The van der Waals surface area contributed by atoms with Crippen molar-refractivity contribution in [3.05, 3.63) is 29.3 Å². The van der Waals surface area contributed by atoms with Gasteiger partial charge in [0.2, 0.25) is 0 Å². The van der Waals surface area contributed by atoms with Crippen molar-refractivity contribution < 1.29 is 4.74 Å². The summed E-state index contributed by atoms with van der Waals surface area (Å²) in [6, 6.07) is 7.10. The SMILES string of the molecule is CCCC(CCC)(CNC(C)C)c1cc(C)ccc1OC. The minimum Gasteiger partial charge on any atom is -0.496 e. The monoisotopic (exact) mass is 291 g/mol. The molecule has 21 heavy (non-hydrogen) atoms. The molecule has 1 rings (SSSR count). The molecule has 120 valence electrons. The van der Waals surface area contributed by atoms with Gasteiger partial charge in [0, 0.05) is 23.6 Å². The van der Waals surface area contributed by atoms with E-state index < -0.39 is 0 Å². The van der Waals surface area contributed by atoms with E-state index in [1.54, 1.807) is 7.11 Å². The van der Waals surface area contributed by atoms with Crippen LogP contribution in [0.25, 0.3) is 0 Å². The van der Waals surface area contributed by atoms with Gasteiger partial charge < -0.3 is 10.1 Å². The third-order valence-corrected chi connectivity index (χ3v) is 4.23. The van der Waals surface area contributed by atoms with Crippen LogP contribution < -0.4 is 10.1 Å². The average molecular weight is 291 g/mol. The summed E-state index contributed by atoms with van der Waals surface area (Å²) < 4.78 is 5.68.